The van der Waals surface area contributed by atoms with E-state index < -0.39 is 0 Å². The highest BCUT2D eigenvalue weighted by atomic mass is 16.5. The molecule has 19 heavy (non-hydrogen) atoms. The van der Waals surface area contributed by atoms with Crippen LogP contribution in [0.15, 0.2) is 0 Å². The minimum Gasteiger partial charge on any atom is -0.381 e. The van der Waals surface area contributed by atoms with Crippen LogP contribution in [0.25, 0.3) is 0 Å². The SMILES string of the molecule is CN(CC1CCCOC1)C(CN)CC(=O)NC1CC1. The van der Waals surface area contributed by atoms with E-state index in [9.17, 15) is 4.79 Å². The lowest BCUT2D eigenvalue weighted by Crippen LogP contribution is -2.45. The van der Waals surface area contributed by atoms with Crippen LogP contribution in [0.2, 0.25) is 0 Å². The number of hydrogen-bond acceptors (Lipinski definition) is 4. The predicted molar refractivity (Wildman–Crippen MR) is 74.8 cm³/mol. The van der Waals surface area contributed by atoms with Gasteiger partial charge in [0.2, 0.25) is 5.91 Å². The third-order valence-electron chi connectivity index (χ3n) is 4.06. The molecule has 0 radical (unpaired) electrons. The van der Waals surface area contributed by atoms with Gasteiger partial charge in [-0.3, -0.25) is 4.79 Å². The van der Waals surface area contributed by atoms with E-state index in [1.165, 1.54) is 6.42 Å². The van der Waals surface area contributed by atoms with E-state index >= 15 is 0 Å². The third kappa shape index (κ3) is 5.09. The van der Waals surface area contributed by atoms with Crippen LogP contribution < -0.4 is 11.1 Å². The molecule has 1 aliphatic carbocycles. The number of carbonyl (C=O) groups is 1. The van der Waals surface area contributed by atoms with Gasteiger partial charge in [-0.05, 0) is 38.6 Å². The fourth-order valence-corrected chi connectivity index (χ4v) is 2.66. The van der Waals surface area contributed by atoms with Crippen molar-refractivity contribution in [1.82, 2.24) is 10.2 Å². The van der Waals surface area contributed by atoms with Crippen molar-refractivity contribution in [2.75, 3.05) is 33.4 Å². The average Bonchev–Trinajstić information content (AvgIpc) is 3.21. The minimum absolute atomic E-state index is 0.140. The summed E-state index contributed by atoms with van der Waals surface area (Å²) in [6, 6.07) is 0.573. The number of carbonyl (C=O) groups excluding carboxylic acids is 1. The summed E-state index contributed by atoms with van der Waals surface area (Å²) in [7, 11) is 2.07. The zero-order chi connectivity index (χ0) is 13.7. The molecule has 2 rings (SSSR count). The average molecular weight is 269 g/mol. The van der Waals surface area contributed by atoms with Crippen molar-refractivity contribution in [1.29, 1.82) is 0 Å². The van der Waals surface area contributed by atoms with Crippen LogP contribution in [-0.4, -0.2) is 56.2 Å². The Balaban J connectivity index is 1.72. The van der Waals surface area contributed by atoms with Gasteiger partial charge in [-0.2, -0.15) is 0 Å². The molecule has 1 saturated carbocycles. The molecular formula is C14H27N3O2. The number of nitrogens with one attached hydrogen (secondary N) is 1. The summed E-state index contributed by atoms with van der Waals surface area (Å²) >= 11 is 0. The maximum atomic E-state index is 11.8. The van der Waals surface area contributed by atoms with E-state index in [0.717, 1.165) is 39.0 Å². The topological polar surface area (TPSA) is 67.6 Å². The highest BCUT2D eigenvalue weighted by molar-refractivity contribution is 5.77. The fraction of sp³-hybridized carbons (Fsp3) is 0.929. The number of rotatable bonds is 7. The van der Waals surface area contributed by atoms with Gasteiger partial charge in [-0.15, -0.1) is 0 Å². The van der Waals surface area contributed by atoms with Crippen molar-refractivity contribution >= 4 is 5.91 Å². The third-order valence-corrected chi connectivity index (χ3v) is 4.06. The van der Waals surface area contributed by atoms with Gasteiger partial charge in [-0.25, -0.2) is 0 Å². The van der Waals surface area contributed by atoms with Crippen LogP contribution in [0.1, 0.15) is 32.1 Å². The number of ether oxygens (including phenoxy) is 1. The van der Waals surface area contributed by atoms with Gasteiger partial charge < -0.3 is 20.7 Å². The van der Waals surface area contributed by atoms with Crippen LogP contribution in [-0.2, 0) is 9.53 Å². The highest BCUT2D eigenvalue weighted by Gasteiger charge is 2.26. The summed E-state index contributed by atoms with van der Waals surface area (Å²) in [5, 5.41) is 3.03. The van der Waals surface area contributed by atoms with Gasteiger partial charge in [0.05, 0.1) is 6.61 Å². The van der Waals surface area contributed by atoms with E-state index in [1.54, 1.807) is 0 Å². The van der Waals surface area contributed by atoms with Crippen molar-refractivity contribution in [3.63, 3.8) is 0 Å². The Bertz CT molecular complexity index is 288. The lowest BCUT2D eigenvalue weighted by Gasteiger charge is -2.32. The summed E-state index contributed by atoms with van der Waals surface area (Å²) in [6.45, 7) is 3.24. The van der Waals surface area contributed by atoms with E-state index in [0.29, 0.717) is 24.9 Å². The molecule has 2 unspecified atom stereocenters. The first-order valence-electron chi connectivity index (χ1n) is 7.46. The summed E-state index contributed by atoms with van der Waals surface area (Å²) in [5.41, 5.74) is 5.82. The van der Waals surface area contributed by atoms with Gasteiger partial charge in [0.1, 0.15) is 0 Å². The minimum atomic E-state index is 0.140. The molecule has 1 saturated heterocycles. The molecule has 110 valence electrons. The lowest BCUT2D eigenvalue weighted by molar-refractivity contribution is -0.122. The Morgan fingerprint density at radius 2 is 2.26 bits per heavy atom. The summed E-state index contributed by atoms with van der Waals surface area (Å²) < 4.78 is 5.50. The smallest absolute Gasteiger partial charge is 0.221 e. The highest BCUT2D eigenvalue weighted by Crippen LogP contribution is 2.19. The van der Waals surface area contributed by atoms with Gasteiger partial charge in [0.25, 0.3) is 0 Å². The maximum Gasteiger partial charge on any atom is 0.221 e. The molecule has 0 aromatic heterocycles. The number of likely N-dealkylation sites (N-methyl/N-ethyl adjacent to an activating group) is 1. The van der Waals surface area contributed by atoms with Crippen LogP contribution in [0.3, 0.4) is 0 Å². The molecule has 3 N–H and O–H groups in total. The fourth-order valence-electron chi connectivity index (χ4n) is 2.66. The van der Waals surface area contributed by atoms with Crippen LogP contribution in [0, 0.1) is 5.92 Å². The first kappa shape index (κ1) is 14.8. The van der Waals surface area contributed by atoms with E-state index in [-0.39, 0.29) is 11.9 Å². The second-order valence-corrected chi connectivity index (χ2v) is 5.96. The first-order valence-corrected chi connectivity index (χ1v) is 7.46. The number of amides is 1. The molecule has 2 aliphatic rings. The Morgan fingerprint density at radius 1 is 1.47 bits per heavy atom. The summed E-state index contributed by atoms with van der Waals surface area (Å²) in [5.74, 6) is 0.726. The van der Waals surface area contributed by atoms with Crippen LogP contribution in [0.4, 0.5) is 0 Å². The van der Waals surface area contributed by atoms with E-state index in [1.807, 2.05) is 0 Å². The predicted octanol–water partition coefficient (Wildman–Crippen LogP) is 0.341. The van der Waals surface area contributed by atoms with Crippen molar-refractivity contribution < 1.29 is 9.53 Å². The van der Waals surface area contributed by atoms with Crippen molar-refractivity contribution in [2.45, 2.75) is 44.2 Å². The Kier molecular flexibility index (Phi) is 5.60. The second kappa shape index (κ2) is 7.22. The molecule has 0 aromatic carbocycles. The zero-order valence-electron chi connectivity index (χ0n) is 11.9. The van der Waals surface area contributed by atoms with E-state index in [2.05, 4.69) is 17.3 Å². The van der Waals surface area contributed by atoms with Crippen molar-refractivity contribution in [3.8, 4) is 0 Å². The van der Waals surface area contributed by atoms with Gasteiger partial charge in [0.15, 0.2) is 0 Å². The molecule has 0 spiro atoms. The molecule has 1 aliphatic heterocycles. The number of nitrogens with zero attached hydrogens (tertiary/aromatic N) is 1. The van der Waals surface area contributed by atoms with Crippen LogP contribution in [0.5, 0.6) is 0 Å². The Morgan fingerprint density at radius 3 is 2.84 bits per heavy atom. The second-order valence-electron chi connectivity index (χ2n) is 5.96. The molecule has 0 bridgehead atoms. The van der Waals surface area contributed by atoms with Crippen LogP contribution >= 0.6 is 0 Å². The first-order chi connectivity index (χ1) is 9.19. The summed E-state index contributed by atoms with van der Waals surface area (Å²) in [4.78, 5) is 14.1. The quantitative estimate of drug-likeness (QED) is 0.699. The van der Waals surface area contributed by atoms with Crippen molar-refractivity contribution in [3.05, 3.63) is 0 Å². The van der Waals surface area contributed by atoms with Gasteiger partial charge >= 0.3 is 0 Å². The molecular weight excluding hydrogens is 242 g/mol. The van der Waals surface area contributed by atoms with Gasteiger partial charge in [0, 0.05) is 38.2 Å². The normalized spacial score (nSPS) is 25.3. The number of hydrogen-bond donors (Lipinski definition) is 2. The zero-order valence-corrected chi connectivity index (χ0v) is 11.9. The molecule has 2 fully saturated rings. The summed E-state index contributed by atoms with van der Waals surface area (Å²) in [6.07, 6.45) is 5.14. The molecule has 5 nitrogen and oxygen atoms in total. The monoisotopic (exact) mass is 269 g/mol. The Hall–Kier alpha value is -0.650. The van der Waals surface area contributed by atoms with Crippen molar-refractivity contribution in [2.24, 2.45) is 11.7 Å². The molecule has 0 aromatic rings. The largest absolute Gasteiger partial charge is 0.381 e. The molecule has 2 atom stereocenters. The number of nitrogens with two attached hydrogens (primary N) is 1. The van der Waals surface area contributed by atoms with Gasteiger partial charge in [-0.1, -0.05) is 0 Å². The van der Waals surface area contributed by atoms with E-state index in [4.69, 9.17) is 10.5 Å². The Labute approximate surface area is 115 Å². The molecule has 1 heterocycles. The molecule has 1 amide bonds. The maximum absolute atomic E-state index is 11.8. The lowest BCUT2D eigenvalue weighted by atomic mass is 10.0. The molecule has 5 heteroatoms. The standard InChI is InChI=1S/C14H27N3O2/c1-17(9-11-3-2-6-19-10-11)13(8-15)7-14(18)16-12-4-5-12/h11-13H,2-10,15H2,1H3,(H,16,18).